The molecule has 4 aromatic carbocycles. The highest BCUT2D eigenvalue weighted by molar-refractivity contribution is 7.90. The predicted octanol–water partition coefficient (Wildman–Crippen LogP) is 3.76. The van der Waals surface area contributed by atoms with Crippen molar-refractivity contribution in [2.45, 2.75) is 22.8 Å². The molecular weight excluding hydrogens is 584 g/mol. The van der Waals surface area contributed by atoms with Gasteiger partial charge < -0.3 is 25.4 Å². The van der Waals surface area contributed by atoms with Crippen LogP contribution in [0.5, 0.6) is 11.5 Å². The molecule has 224 valence electrons. The van der Waals surface area contributed by atoms with Gasteiger partial charge in [-0.2, -0.15) is 0 Å². The molecule has 1 aliphatic carbocycles. The molecule has 0 bridgehead atoms. The minimum absolute atomic E-state index is 0.0779. The Balaban J connectivity index is 1.27. The van der Waals surface area contributed by atoms with Crippen LogP contribution < -0.4 is 30.1 Å². The highest BCUT2D eigenvalue weighted by Crippen LogP contribution is 2.53. The van der Waals surface area contributed by atoms with Crippen LogP contribution in [-0.2, 0) is 14.8 Å². The Morgan fingerprint density at radius 2 is 1.57 bits per heavy atom. The molecule has 4 aromatic rings. The van der Waals surface area contributed by atoms with Crippen molar-refractivity contribution in [1.29, 1.82) is 0 Å². The molecule has 6 rings (SSSR count). The maximum atomic E-state index is 14.0. The van der Waals surface area contributed by atoms with E-state index in [1.165, 1.54) is 29.2 Å². The fourth-order valence-electron chi connectivity index (χ4n) is 5.45. The normalized spacial score (nSPS) is 18.2. The summed E-state index contributed by atoms with van der Waals surface area (Å²) in [6.07, 6.45) is 0.265. The monoisotopic (exact) mass is 612 g/mol. The lowest BCUT2D eigenvalue weighted by atomic mass is 10.0. The number of anilines is 1. The lowest BCUT2D eigenvalue weighted by Crippen LogP contribution is -2.54. The first-order chi connectivity index (χ1) is 21.1. The van der Waals surface area contributed by atoms with Crippen LogP contribution in [0.2, 0.25) is 0 Å². The molecule has 1 heterocycles. The molecule has 1 saturated carbocycles. The summed E-state index contributed by atoms with van der Waals surface area (Å²) in [5.74, 6) is -0.377. The number of carbonyl (C=O) groups is 3. The molecule has 12 heteroatoms. The number of primary amides is 1. The van der Waals surface area contributed by atoms with Crippen LogP contribution >= 0.6 is 0 Å². The number of rotatable bonds is 8. The largest absolute Gasteiger partial charge is 0.454 e. The number of nitrogens with two attached hydrogens (primary N) is 1. The third-order valence-electron chi connectivity index (χ3n) is 7.81. The minimum Gasteiger partial charge on any atom is -0.454 e. The van der Waals surface area contributed by atoms with Gasteiger partial charge in [0.05, 0.1) is 4.90 Å². The Hall–Kier alpha value is -5.36. The topological polar surface area (TPSA) is 157 Å². The fraction of sp³-hybridized carbons (Fsp3) is 0.156. The summed E-state index contributed by atoms with van der Waals surface area (Å²) in [5.41, 5.74) is 6.34. The highest BCUT2D eigenvalue weighted by atomic mass is 32.2. The van der Waals surface area contributed by atoms with Gasteiger partial charge in [0.15, 0.2) is 11.5 Å². The quantitative estimate of drug-likeness (QED) is 0.273. The smallest absolute Gasteiger partial charge is 0.329 e. The van der Waals surface area contributed by atoms with E-state index in [2.05, 4.69) is 10.0 Å². The fourth-order valence-corrected chi connectivity index (χ4v) is 6.59. The van der Waals surface area contributed by atoms with Gasteiger partial charge in [0, 0.05) is 35.8 Å². The molecule has 0 radical (unpaired) electrons. The Morgan fingerprint density at radius 1 is 0.886 bits per heavy atom. The van der Waals surface area contributed by atoms with Gasteiger partial charge in [-0.25, -0.2) is 17.9 Å². The number of carbonyl (C=O) groups excluding carboxylic acids is 3. The summed E-state index contributed by atoms with van der Waals surface area (Å²) in [6.45, 7) is 0.0779. The Kier molecular flexibility index (Phi) is 7.22. The van der Waals surface area contributed by atoms with Crippen molar-refractivity contribution in [2.75, 3.05) is 18.7 Å². The molecule has 4 N–H and O–H groups in total. The number of nitrogens with one attached hydrogen (secondary N) is 2. The molecule has 0 aromatic heterocycles. The molecule has 0 spiro atoms. The van der Waals surface area contributed by atoms with Crippen LogP contribution in [0.1, 0.15) is 28.3 Å². The van der Waals surface area contributed by atoms with Gasteiger partial charge >= 0.3 is 6.03 Å². The zero-order chi connectivity index (χ0) is 31.1. The maximum absolute atomic E-state index is 14.0. The zero-order valence-corrected chi connectivity index (χ0v) is 24.3. The molecule has 4 amide bonds. The summed E-state index contributed by atoms with van der Waals surface area (Å²) in [4.78, 5) is 40.1. The van der Waals surface area contributed by atoms with Crippen molar-refractivity contribution >= 4 is 33.6 Å². The van der Waals surface area contributed by atoms with Crippen LogP contribution in [0, 0.1) is 0 Å². The highest BCUT2D eigenvalue weighted by Gasteiger charge is 2.63. The van der Waals surface area contributed by atoms with E-state index >= 15 is 0 Å². The van der Waals surface area contributed by atoms with Crippen LogP contribution in [-0.4, -0.2) is 45.6 Å². The summed E-state index contributed by atoms with van der Waals surface area (Å²) in [5, 5.41) is 2.70. The third-order valence-corrected chi connectivity index (χ3v) is 9.20. The number of urea groups is 1. The second-order valence-electron chi connectivity index (χ2n) is 10.5. The van der Waals surface area contributed by atoms with E-state index in [4.69, 9.17) is 15.2 Å². The van der Waals surface area contributed by atoms with E-state index in [0.717, 1.165) is 5.56 Å². The Morgan fingerprint density at radius 3 is 2.30 bits per heavy atom. The second-order valence-corrected chi connectivity index (χ2v) is 12.2. The van der Waals surface area contributed by atoms with E-state index < -0.39 is 39.3 Å². The summed E-state index contributed by atoms with van der Waals surface area (Å²) in [6, 6.07) is 25.5. The van der Waals surface area contributed by atoms with Gasteiger partial charge in [0.25, 0.3) is 15.9 Å². The maximum Gasteiger partial charge on any atom is 0.329 e. The van der Waals surface area contributed by atoms with Crippen LogP contribution in [0.15, 0.2) is 102 Å². The molecule has 0 saturated heterocycles. The van der Waals surface area contributed by atoms with Gasteiger partial charge in [0.2, 0.25) is 12.7 Å². The summed E-state index contributed by atoms with van der Waals surface area (Å²) in [7, 11) is -2.82. The molecular formula is C32H28N4O7S. The second kappa shape index (κ2) is 11.0. The SMILES string of the molecule is CN(C(=O)C1(NC(=O)NS(=O)(=O)c2ccccc2-c2ccc(C(N)=O)cc2)CC1c1ccccc1)c1ccc2c(c1)OCO2. The van der Waals surface area contributed by atoms with Crippen molar-refractivity contribution in [3.63, 3.8) is 0 Å². The molecule has 2 unspecified atom stereocenters. The zero-order valence-electron chi connectivity index (χ0n) is 23.5. The van der Waals surface area contributed by atoms with Crippen LogP contribution in [0.3, 0.4) is 0 Å². The molecule has 2 atom stereocenters. The Labute approximate surface area is 253 Å². The molecule has 1 fully saturated rings. The molecule has 2 aliphatic rings. The average molecular weight is 613 g/mol. The van der Waals surface area contributed by atoms with Gasteiger partial charge in [-0.1, -0.05) is 60.7 Å². The number of benzene rings is 4. The van der Waals surface area contributed by atoms with E-state index in [0.29, 0.717) is 28.3 Å². The first-order valence-electron chi connectivity index (χ1n) is 13.7. The average Bonchev–Trinajstić information content (AvgIpc) is 3.55. The molecule has 11 nitrogen and oxygen atoms in total. The van der Waals surface area contributed by atoms with E-state index in [1.54, 1.807) is 49.5 Å². The van der Waals surface area contributed by atoms with Crippen molar-refractivity contribution in [3.8, 4) is 22.6 Å². The lowest BCUT2D eigenvalue weighted by molar-refractivity contribution is -0.121. The minimum atomic E-state index is -4.41. The molecule has 1 aliphatic heterocycles. The number of ether oxygens (including phenoxy) is 2. The number of amides is 4. The number of nitrogens with zero attached hydrogens (tertiary/aromatic N) is 1. The van der Waals surface area contributed by atoms with Crippen molar-refractivity contribution in [3.05, 3.63) is 108 Å². The number of hydrogen-bond donors (Lipinski definition) is 3. The summed E-state index contributed by atoms with van der Waals surface area (Å²) < 4.78 is 40.0. The Bertz CT molecular complexity index is 1880. The van der Waals surface area contributed by atoms with Crippen LogP contribution in [0.25, 0.3) is 11.1 Å². The van der Waals surface area contributed by atoms with Gasteiger partial charge in [-0.3, -0.25) is 9.59 Å². The lowest BCUT2D eigenvalue weighted by Gasteiger charge is -2.26. The molecule has 44 heavy (non-hydrogen) atoms. The van der Waals surface area contributed by atoms with Crippen molar-refractivity contribution < 1.29 is 32.3 Å². The summed E-state index contributed by atoms with van der Waals surface area (Å²) >= 11 is 0. The van der Waals surface area contributed by atoms with Crippen LogP contribution in [0.4, 0.5) is 10.5 Å². The standard InChI is InChI=1S/C32H28N4O7S/c1-36(23-15-16-26-27(17-23)43-19-42-26)30(38)32(18-25(32)21-7-3-2-4-8-21)34-31(39)35-44(40,41)28-10-6-5-9-24(28)20-11-13-22(14-12-20)29(33)37/h2-17,25H,18-19H2,1H3,(H2,33,37)(H2,34,35,39). The van der Waals surface area contributed by atoms with Gasteiger partial charge in [-0.05, 0) is 47.9 Å². The third kappa shape index (κ3) is 5.31. The van der Waals surface area contributed by atoms with E-state index in [1.807, 2.05) is 30.3 Å². The van der Waals surface area contributed by atoms with E-state index in [9.17, 15) is 22.8 Å². The van der Waals surface area contributed by atoms with Gasteiger partial charge in [0.1, 0.15) is 5.54 Å². The number of hydrogen-bond acceptors (Lipinski definition) is 7. The van der Waals surface area contributed by atoms with E-state index in [-0.39, 0.29) is 23.7 Å². The van der Waals surface area contributed by atoms with Gasteiger partial charge in [-0.15, -0.1) is 0 Å². The van der Waals surface area contributed by atoms with Crippen molar-refractivity contribution in [1.82, 2.24) is 10.0 Å². The first kappa shape index (κ1) is 28.7. The first-order valence-corrected chi connectivity index (χ1v) is 15.1. The number of likely N-dealkylation sites (N-methyl/N-ethyl adjacent to an activating group) is 1. The van der Waals surface area contributed by atoms with Crippen molar-refractivity contribution in [2.24, 2.45) is 5.73 Å². The number of fused-ring (bicyclic) bond motifs is 1. The number of sulfonamides is 1. The predicted molar refractivity (Wildman–Crippen MR) is 162 cm³/mol.